The van der Waals surface area contributed by atoms with E-state index in [1.165, 1.54) is 18.2 Å². The number of hydrogen-bond acceptors (Lipinski definition) is 3. The summed E-state index contributed by atoms with van der Waals surface area (Å²) in [6, 6.07) is 3.73. The highest BCUT2D eigenvalue weighted by molar-refractivity contribution is 6.30. The molecule has 1 atom stereocenters. The highest BCUT2D eigenvalue weighted by Gasteiger charge is 2.17. The molecule has 0 radical (unpaired) electrons. The lowest BCUT2D eigenvalue weighted by atomic mass is 10.1. The Morgan fingerprint density at radius 2 is 2.16 bits per heavy atom. The van der Waals surface area contributed by atoms with Crippen molar-refractivity contribution in [2.75, 3.05) is 6.54 Å². The van der Waals surface area contributed by atoms with Crippen LogP contribution in [0.25, 0.3) is 0 Å². The van der Waals surface area contributed by atoms with Gasteiger partial charge in [0.1, 0.15) is 11.4 Å². The highest BCUT2D eigenvalue weighted by Crippen LogP contribution is 2.19. The second-order valence-corrected chi connectivity index (χ2v) is 5.57. The van der Waals surface area contributed by atoms with E-state index in [1.807, 2.05) is 0 Å². The molecule has 1 amide bonds. The number of hydrogen-bond donors (Lipinski definition) is 2. The summed E-state index contributed by atoms with van der Waals surface area (Å²) in [5, 5.41) is 2.55. The third-order valence-corrected chi connectivity index (χ3v) is 2.53. The van der Waals surface area contributed by atoms with Gasteiger partial charge in [-0.15, -0.1) is 0 Å². The van der Waals surface area contributed by atoms with Gasteiger partial charge < -0.3 is 15.8 Å². The topological polar surface area (TPSA) is 64.3 Å². The van der Waals surface area contributed by atoms with Crippen molar-refractivity contribution in [2.24, 2.45) is 5.73 Å². The maximum atomic E-state index is 13.0. The van der Waals surface area contributed by atoms with Crippen molar-refractivity contribution in [2.45, 2.75) is 32.4 Å². The van der Waals surface area contributed by atoms with Crippen molar-refractivity contribution < 1.29 is 13.9 Å². The molecule has 19 heavy (non-hydrogen) atoms. The molecule has 1 rings (SSSR count). The molecule has 0 bridgehead atoms. The van der Waals surface area contributed by atoms with Crippen LogP contribution in [0.2, 0.25) is 5.02 Å². The Morgan fingerprint density at radius 1 is 1.53 bits per heavy atom. The van der Waals surface area contributed by atoms with Crippen LogP contribution in [0.4, 0.5) is 9.18 Å². The standard InChI is InChI=1S/C13H18ClFN2O2/c1-13(2,3)19-12(18)17-7-11(16)8-4-5-10(15)9(14)6-8/h4-6,11H,7,16H2,1-3H3,(H,17,18). The van der Waals surface area contributed by atoms with E-state index < -0.39 is 23.6 Å². The molecule has 1 aromatic carbocycles. The Balaban J connectivity index is 2.53. The first-order valence-corrected chi connectivity index (χ1v) is 6.24. The molecule has 0 saturated carbocycles. The second-order valence-electron chi connectivity index (χ2n) is 5.16. The minimum Gasteiger partial charge on any atom is -0.444 e. The summed E-state index contributed by atoms with van der Waals surface area (Å²) in [6.07, 6.45) is -0.545. The first-order valence-electron chi connectivity index (χ1n) is 5.86. The Kier molecular flexibility index (Phi) is 5.14. The first-order chi connectivity index (χ1) is 8.69. The zero-order chi connectivity index (χ0) is 14.6. The van der Waals surface area contributed by atoms with Crippen LogP contribution < -0.4 is 11.1 Å². The average Bonchev–Trinajstić information content (AvgIpc) is 2.27. The van der Waals surface area contributed by atoms with Gasteiger partial charge in [-0.1, -0.05) is 17.7 Å². The molecule has 0 saturated heterocycles. The maximum Gasteiger partial charge on any atom is 0.407 e. The number of alkyl carbamates (subject to hydrolysis) is 1. The Bertz CT molecular complexity index is 460. The summed E-state index contributed by atoms with van der Waals surface area (Å²) >= 11 is 5.67. The smallest absolute Gasteiger partial charge is 0.407 e. The van der Waals surface area contributed by atoms with E-state index in [-0.39, 0.29) is 11.6 Å². The number of carbonyl (C=O) groups excluding carboxylic acids is 1. The largest absolute Gasteiger partial charge is 0.444 e. The van der Waals surface area contributed by atoms with E-state index in [0.717, 1.165) is 0 Å². The van der Waals surface area contributed by atoms with E-state index >= 15 is 0 Å². The minimum atomic E-state index is -0.562. The van der Waals surface area contributed by atoms with E-state index in [4.69, 9.17) is 22.1 Å². The highest BCUT2D eigenvalue weighted by atomic mass is 35.5. The molecule has 3 N–H and O–H groups in total. The molecule has 0 aliphatic carbocycles. The van der Waals surface area contributed by atoms with Crippen LogP contribution in [0, 0.1) is 5.82 Å². The van der Waals surface area contributed by atoms with Gasteiger partial charge in [-0.2, -0.15) is 0 Å². The second kappa shape index (κ2) is 6.21. The summed E-state index contributed by atoms with van der Waals surface area (Å²) in [4.78, 5) is 11.4. The molecular weight excluding hydrogens is 271 g/mol. The van der Waals surface area contributed by atoms with E-state index in [0.29, 0.717) is 5.56 Å². The zero-order valence-corrected chi connectivity index (χ0v) is 11.9. The van der Waals surface area contributed by atoms with Crippen LogP contribution in [0.3, 0.4) is 0 Å². The van der Waals surface area contributed by atoms with Crippen LogP contribution >= 0.6 is 11.6 Å². The molecule has 6 heteroatoms. The van der Waals surface area contributed by atoms with Crippen LogP contribution in [-0.4, -0.2) is 18.2 Å². The fraction of sp³-hybridized carbons (Fsp3) is 0.462. The molecule has 4 nitrogen and oxygen atoms in total. The van der Waals surface area contributed by atoms with Crippen molar-refractivity contribution in [3.63, 3.8) is 0 Å². The van der Waals surface area contributed by atoms with Crippen LogP contribution in [-0.2, 0) is 4.74 Å². The SMILES string of the molecule is CC(C)(C)OC(=O)NCC(N)c1ccc(F)c(Cl)c1. The number of rotatable bonds is 3. The summed E-state index contributed by atoms with van der Waals surface area (Å²) in [5.41, 5.74) is 5.95. The molecule has 1 aromatic rings. The van der Waals surface area contributed by atoms with E-state index in [9.17, 15) is 9.18 Å². The minimum absolute atomic E-state index is 0.00483. The van der Waals surface area contributed by atoms with Gasteiger partial charge >= 0.3 is 6.09 Å². The van der Waals surface area contributed by atoms with Crippen molar-refractivity contribution in [1.82, 2.24) is 5.32 Å². The summed E-state index contributed by atoms with van der Waals surface area (Å²) in [6.45, 7) is 5.49. The molecule has 0 aliphatic heterocycles. The van der Waals surface area contributed by atoms with Gasteiger partial charge in [-0.05, 0) is 38.5 Å². The normalized spacial score (nSPS) is 12.9. The molecule has 0 aliphatic rings. The van der Waals surface area contributed by atoms with Crippen molar-refractivity contribution in [3.05, 3.63) is 34.6 Å². The van der Waals surface area contributed by atoms with Gasteiger partial charge in [0.25, 0.3) is 0 Å². The van der Waals surface area contributed by atoms with E-state index in [2.05, 4.69) is 5.32 Å². The number of ether oxygens (including phenoxy) is 1. The number of nitrogens with two attached hydrogens (primary N) is 1. The summed E-state index contributed by atoms with van der Waals surface area (Å²) in [7, 11) is 0. The lowest BCUT2D eigenvalue weighted by Crippen LogP contribution is -2.36. The Labute approximate surface area is 117 Å². The third kappa shape index (κ3) is 5.44. The summed E-state index contributed by atoms with van der Waals surface area (Å²) in [5.74, 6) is -0.502. The van der Waals surface area contributed by atoms with Crippen molar-refractivity contribution in [1.29, 1.82) is 0 Å². The van der Waals surface area contributed by atoms with Gasteiger partial charge in [0.15, 0.2) is 0 Å². The predicted molar refractivity (Wildman–Crippen MR) is 72.6 cm³/mol. The third-order valence-electron chi connectivity index (χ3n) is 2.24. The quantitative estimate of drug-likeness (QED) is 0.898. The number of amides is 1. The molecule has 0 heterocycles. The van der Waals surface area contributed by atoms with Gasteiger partial charge in [-0.25, -0.2) is 9.18 Å². The average molecular weight is 289 g/mol. The van der Waals surface area contributed by atoms with Crippen molar-refractivity contribution >= 4 is 17.7 Å². The van der Waals surface area contributed by atoms with Gasteiger partial charge in [0, 0.05) is 12.6 Å². The molecule has 106 valence electrons. The van der Waals surface area contributed by atoms with Crippen molar-refractivity contribution in [3.8, 4) is 0 Å². The van der Waals surface area contributed by atoms with E-state index in [1.54, 1.807) is 20.8 Å². The lowest BCUT2D eigenvalue weighted by molar-refractivity contribution is 0.0524. The number of halogens is 2. The van der Waals surface area contributed by atoms with Crippen LogP contribution in [0.15, 0.2) is 18.2 Å². The number of benzene rings is 1. The maximum absolute atomic E-state index is 13.0. The number of nitrogens with one attached hydrogen (secondary N) is 1. The van der Waals surface area contributed by atoms with Crippen LogP contribution in [0.5, 0.6) is 0 Å². The predicted octanol–water partition coefficient (Wildman–Crippen LogP) is 3.00. The Morgan fingerprint density at radius 3 is 2.68 bits per heavy atom. The fourth-order valence-electron chi connectivity index (χ4n) is 1.37. The summed E-state index contributed by atoms with van der Waals surface area (Å²) < 4.78 is 18.1. The van der Waals surface area contributed by atoms with Crippen LogP contribution in [0.1, 0.15) is 32.4 Å². The molecular formula is C13H18ClFN2O2. The monoisotopic (exact) mass is 288 g/mol. The van der Waals surface area contributed by atoms with Gasteiger partial charge in [0.05, 0.1) is 5.02 Å². The zero-order valence-electron chi connectivity index (χ0n) is 11.2. The van der Waals surface area contributed by atoms with Gasteiger partial charge in [-0.3, -0.25) is 0 Å². The number of carbonyl (C=O) groups is 1. The molecule has 0 aromatic heterocycles. The molecule has 0 fully saturated rings. The Hall–Kier alpha value is -1.33. The van der Waals surface area contributed by atoms with Gasteiger partial charge in [0.2, 0.25) is 0 Å². The lowest BCUT2D eigenvalue weighted by Gasteiger charge is -2.21. The first kappa shape index (κ1) is 15.7. The molecule has 0 spiro atoms. The fourth-order valence-corrected chi connectivity index (χ4v) is 1.56. The molecule has 1 unspecified atom stereocenters.